The van der Waals surface area contributed by atoms with E-state index in [0.717, 1.165) is 40.7 Å². The monoisotopic (exact) mass is 280 g/mol. The van der Waals surface area contributed by atoms with Crippen LogP contribution in [0.2, 0.25) is 0 Å². The Morgan fingerprint density at radius 3 is 2.74 bits per heavy atom. The topological polar surface area (TPSA) is 63.8 Å². The zero-order chi connectivity index (χ0) is 13.9. The minimum absolute atomic E-state index is 0.172. The molecule has 19 heavy (non-hydrogen) atoms. The van der Waals surface area contributed by atoms with E-state index in [0.29, 0.717) is 0 Å². The standard InChI is InChI=1S/C13H20N4OS/c1-9-10(8-15-18-9)12-17-16-11(19-12)6-5-7-14-13(2,3)4/h8,14H,5-7H2,1-4H3. The Morgan fingerprint density at radius 1 is 1.32 bits per heavy atom. The first kappa shape index (κ1) is 14.1. The minimum atomic E-state index is 0.172. The van der Waals surface area contributed by atoms with Gasteiger partial charge in [0, 0.05) is 12.0 Å². The van der Waals surface area contributed by atoms with Crippen molar-refractivity contribution in [3.05, 3.63) is 17.0 Å². The zero-order valence-electron chi connectivity index (χ0n) is 11.9. The van der Waals surface area contributed by atoms with E-state index in [1.807, 2.05) is 6.92 Å². The molecule has 0 amide bonds. The number of nitrogens with one attached hydrogen (secondary N) is 1. The first-order valence-corrected chi connectivity index (χ1v) is 7.26. The Balaban J connectivity index is 1.87. The fraction of sp³-hybridized carbons (Fsp3) is 0.615. The summed E-state index contributed by atoms with van der Waals surface area (Å²) in [4.78, 5) is 0. The van der Waals surface area contributed by atoms with Crippen LogP contribution >= 0.6 is 11.3 Å². The van der Waals surface area contributed by atoms with E-state index in [1.165, 1.54) is 0 Å². The molecule has 0 fully saturated rings. The van der Waals surface area contributed by atoms with Crippen LogP contribution in [0.1, 0.15) is 38.0 Å². The lowest BCUT2D eigenvalue weighted by molar-refractivity contribution is 0.398. The SMILES string of the molecule is Cc1oncc1-c1nnc(CCCNC(C)(C)C)s1. The molecule has 104 valence electrons. The smallest absolute Gasteiger partial charge is 0.152 e. The van der Waals surface area contributed by atoms with Gasteiger partial charge < -0.3 is 9.84 Å². The molecule has 0 atom stereocenters. The lowest BCUT2D eigenvalue weighted by Crippen LogP contribution is -2.36. The van der Waals surface area contributed by atoms with Crippen molar-refractivity contribution in [2.75, 3.05) is 6.54 Å². The molecule has 0 aliphatic carbocycles. The van der Waals surface area contributed by atoms with Gasteiger partial charge >= 0.3 is 0 Å². The van der Waals surface area contributed by atoms with Crippen LogP contribution in [0, 0.1) is 6.92 Å². The van der Waals surface area contributed by atoms with Crippen molar-refractivity contribution >= 4 is 11.3 Å². The van der Waals surface area contributed by atoms with Gasteiger partial charge in [0.25, 0.3) is 0 Å². The zero-order valence-corrected chi connectivity index (χ0v) is 12.7. The van der Waals surface area contributed by atoms with Gasteiger partial charge in [-0.15, -0.1) is 10.2 Å². The van der Waals surface area contributed by atoms with Crippen molar-refractivity contribution in [2.45, 2.75) is 46.1 Å². The van der Waals surface area contributed by atoms with E-state index in [9.17, 15) is 0 Å². The molecule has 2 rings (SSSR count). The molecule has 0 bridgehead atoms. The molecule has 0 saturated heterocycles. The highest BCUT2D eigenvalue weighted by molar-refractivity contribution is 7.14. The Labute approximate surface area is 117 Å². The fourth-order valence-corrected chi connectivity index (χ4v) is 2.61. The van der Waals surface area contributed by atoms with E-state index < -0.39 is 0 Å². The normalized spacial score (nSPS) is 12.0. The number of rotatable bonds is 5. The summed E-state index contributed by atoms with van der Waals surface area (Å²) < 4.78 is 5.04. The molecule has 2 aromatic rings. The minimum Gasteiger partial charge on any atom is -0.361 e. The van der Waals surface area contributed by atoms with Gasteiger partial charge in [-0.05, 0) is 40.7 Å². The number of nitrogens with zero attached hydrogens (tertiary/aromatic N) is 3. The summed E-state index contributed by atoms with van der Waals surface area (Å²) in [6.45, 7) is 9.39. The average Bonchev–Trinajstić information content (AvgIpc) is 2.91. The summed E-state index contributed by atoms with van der Waals surface area (Å²) in [5.41, 5.74) is 1.11. The molecule has 1 N–H and O–H groups in total. The Kier molecular flexibility index (Phi) is 4.31. The summed E-state index contributed by atoms with van der Waals surface area (Å²) in [5, 5.41) is 17.6. The number of hydrogen-bond acceptors (Lipinski definition) is 6. The van der Waals surface area contributed by atoms with Crippen molar-refractivity contribution in [3.8, 4) is 10.6 Å². The average molecular weight is 280 g/mol. The predicted molar refractivity (Wildman–Crippen MR) is 76.2 cm³/mol. The second-order valence-electron chi connectivity index (χ2n) is 5.58. The van der Waals surface area contributed by atoms with E-state index >= 15 is 0 Å². The second kappa shape index (κ2) is 5.79. The molecule has 0 unspecified atom stereocenters. The largest absolute Gasteiger partial charge is 0.361 e. The van der Waals surface area contributed by atoms with E-state index in [-0.39, 0.29) is 5.54 Å². The number of hydrogen-bond donors (Lipinski definition) is 1. The third-order valence-corrected chi connectivity index (χ3v) is 3.69. The molecule has 0 radical (unpaired) electrons. The highest BCUT2D eigenvalue weighted by Gasteiger charge is 2.12. The molecule has 0 saturated carbocycles. The van der Waals surface area contributed by atoms with E-state index in [2.05, 4.69) is 41.4 Å². The first-order chi connectivity index (χ1) is 8.96. The van der Waals surface area contributed by atoms with Gasteiger partial charge in [-0.1, -0.05) is 16.5 Å². The van der Waals surface area contributed by atoms with Crippen molar-refractivity contribution in [2.24, 2.45) is 0 Å². The van der Waals surface area contributed by atoms with Gasteiger partial charge in [-0.25, -0.2) is 0 Å². The quantitative estimate of drug-likeness (QED) is 0.853. The van der Waals surface area contributed by atoms with Gasteiger partial charge in [0.2, 0.25) is 0 Å². The molecule has 5 nitrogen and oxygen atoms in total. The van der Waals surface area contributed by atoms with Crippen molar-refractivity contribution in [1.82, 2.24) is 20.7 Å². The van der Waals surface area contributed by atoms with Crippen LogP contribution in [0.3, 0.4) is 0 Å². The summed E-state index contributed by atoms with van der Waals surface area (Å²) in [6, 6.07) is 0. The van der Waals surface area contributed by atoms with Crippen molar-refractivity contribution in [3.63, 3.8) is 0 Å². The van der Waals surface area contributed by atoms with Gasteiger partial charge in [-0.2, -0.15) is 0 Å². The van der Waals surface area contributed by atoms with Crippen molar-refractivity contribution in [1.29, 1.82) is 0 Å². The molecule has 6 heteroatoms. The molecule has 0 aromatic carbocycles. The van der Waals surface area contributed by atoms with Crippen LogP contribution in [0.15, 0.2) is 10.7 Å². The Bertz CT molecular complexity index is 527. The van der Waals surface area contributed by atoms with Crippen LogP contribution in [0.4, 0.5) is 0 Å². The third kappa shape index (κ3) is 4.11. The summed E-state index contributed by atoms with van der Waals surface area (Å²) in [7, 11) is 0. The fourth-order valence-electron chi connectivity index (χ4n) is 1.67. The highest BCUT2D eigenvalue weighted by Crippen LogP contribution is 2.26. The summed E-state index contributed by atoms with van der Waals surface area (Å²) in [6.07, 6.45) is 3.71. The highest BCUT2D eigenvalue weighted by atomic mass is 32.1. The predicted octanol–water partition coefficient (Wildman–Crippen LogP) is 2.82. The Morgan fingerprint density at radius 2 is 2.11 bits per heavy atom. The molecular formula is C13H20N4OS. The van der Waals surface area contributed by atoms with E-state index in [1.54, 1.807) is 17.5 Å². The maximum absolute atomic E-state index is 5.04. The molecule has 2 aromatic heterocycles. The molecule has 0 spiro atoms. The van der Waals surface area contributed by atoms with Gasteiger partial charge in [0.05, 0.1) is 11.8 Å². The maximum Gasteiger partial charge on any atom is 0.152 e. The van der Waals surface area contributed by atoms with Crippen molar-refractivity contribution < 1.29 is 4.52 Å². The molecule has 2 heterocycles. The number of aromatic nitrogens is 3. The third-order valence-electron chi connectivity index (χ3n) is 2.67. The van der Waals surface area contributed by atoms with E-state index in [4.69, 9.17) is 4.52 Å². The van der Waals surface area contributed by atoms with Gasteiger partial charge in [0.15, 0.2) is 5.01 Å². The maximum atomic E-state index is 5.04. The second-order valence-corrected chi connectivity index (χ2v) is 6.64. The van der Waals surface area contributed by atoms with Crippen LogP contribution in [0.25, 0.3) is 10.6 Å². The summed E-state index contributed by atoms with van der Waals surface area (Å²) >= 11 is 1.61. The molecular weight excluding hydrogens is 260 g/mol. The van der Waals surface area contributed by atoms with Crippen LogP contribution < -0.4 is 5.32 Å². The van der Waals surface area contributed by atoms with Crippen LogP contribution in [-0.4, -0.2) is 27.4 Å². The summed E-state index contributed by atoms with van der Waals surface area (Å²) in [5.74, 6) is 0.789. The van der Waals surface area contributed by atoms with Crippen LogP contribution in [-0.2, 0) is 6.42 Å². The molecule has 0 aliphatic heterocycles. The van der Waals surface area contributed by atoms with Gasteiger partial charge in [0.1, 0.15) is 10.8 Å². The first-order valence-electron chi connectivity index (χ1n) is 6.45. The lowest BCUT2D eigenvalue weighted by atomic mass is 10.1. The van der Waals surface area contributed by atoms with Crippen LogP contribution in [0.5, 0.6) is 0 Å². The number of aryl methyl sites for hydroxylation is 2. The van der Waals surface area contributed by atoms with Gasteiger partial charge in [-0.3, -0.25) is 0 Å². The molecule has 0 aliphatic rings. The lowest BCUT2D eigenvalue weighted by Gasteiger charge is -2.20. The Hall–Kier alpha value is -1.27.